The van der Waals surface area contributed by atoms with Crippen LogP contribution in [0.4, 0.5) is 13.2 Å². The number of methoxy groups -OCH3 is 1. The van der Waals surface area contributed by atoms with Gasteiger partial charge in [-0.15, -0.1) is 0 Å². The van der Waals surface area contributed by atoms with Crippen LogP contribution in [0.3, 0.4) is 0 Å². The fourth-order valence-electron chi connectivity index (χ4n) is 3.38. The van der Waals surface area contributed by atoms with Crippen LogP contribution in [0.15, 0.2) is 23.1 Å². The van der Waals surface area contributed by atoms with Gasteiger partial charge in [-0.2, -0.15) is 18.3 Å². The predicted molar refractivity (Wildman–Crippen MR) is 98.2 cm³/mol. The number of alkyl halides is 3. The van der Waals surface area contributed by atoms with Gasteiger partial charge >= 0.3 is 6.18 Å². The molecule has 2 atom stereocenters. The van der Waals surface area contributed by atoms with Crippen LogP contribution in [0.1, 0.15) is 28.2 Å². The van der Waals surface area contributed by atoms with E-state index in [-0.39, 0.29) is 24.5 Å². The van der Waals surface area contributed by atoms with Crippen molar-refractivity contribution in [3.05, 3.63) is 35.4 Å². The lowest BCUT2D eigenvalue weighted by atomic mass is 9.89. The highest BCUT2D eigenvalue weighted by Crippen LogP contribution is 2.32. The Morgan fingerprint density at radius 2 is 2.25 bits per heavy atom. The van der Waals surface area contributed by atoms with Crippen LogP contribution in [0.25, 0.3) is 5.65 Å². The number of aromatic nitrogens is 5. The lowest BCUT2D eigenvalue weighted by molar-refractivity contribution is -0.155. The Labute approximate surface area is 177 Å². The highest BCUT2D eigenvalue weighted by atomic mass is 19.4. The Morgan fingerprint density at radius 3 is 2.94 bits per heavy atom. The van der Waals surface area contributed by atoms with E-state index in [2.05, 4.69) is 30.3 Å². The molecule has 0 aromatic carbocycles. The molecule has 1 aliphatic rings. The molecule has 1 fully saturated rings. The van der Waals surface area contributed by atoms with Crippen LogP contribution in [0.2, 0.25) is 0 Å². The van der Waals surface area contributed by atoms with Gasteiger partial charge in [-0.05, 0) is 21.9 Å². The van der Waals surface area contributed by atoms with Crippen molar-refractivity contribution in [1.29, 1.82) is 0 Å². The van der Waals surface area contributed by atoms with Gasteiger partial charge in [0, 0.05) is 12.8 Å². The molecule has 0 radical (unpaired) electrons. The monoisotopic (exact) mass is 454 g/mol. The summed E-state index contributed by atoms with van der Waals surface area (Å²) in [5, 5.41) is 15.5. The number of rotatable bonds is 6. The number of nitrogens with one attached hydrogen (secondary N) is 2. The first kappa shape index (κ1) is 21.5. The fourth-order valence-corrected chi connectivity index (χ4v) is 3.38. The van der Waals surface area contributed by atoms with Crippen molar-refractivity contribution < 1.29 is 32.1 Å². The highest BCUT2D eigenvalue weighted by Gasteiger charge is 2.53. The number of ether oxygens (including phenoxy) is 1. The highest BCUT2D eigenvalue weighted by molar-refractivity contribution is 5.94. The van der Waals surface area contributed by atoms with E-state index >= 15 is 0 Å². The van der Waals surface area contributed by atoms with Crippen LogP contribution in [-0.4, -0.2) is 61.6 Å². The van der Waals surface area contributed by atoms with Crippen LogP contribution in [-0.2, 0) is 17.8 Å². The molecule has 1 saturated heterocycles. The van der Waals surface area contributed by atoms with E-state index in [4.69, 9.17) is 10.5 Å². The molecule has 0 aliphatic carbocycles. The smallest absolute Gasteiger partial charge is 0.408 e. The first-order chi connectivity index (χ1) is 15.1. The maximum atomic E-state index is 12.9. The second-order valence-electron chi connectivity index (χ2n) is 7.31. The summed E-state index contributed by atoms with van der Waals surface area (Å²) in [4.78, 5) is 28.5. The van der Waals surface area contributed by atoms with Crippen molar-refractivity contribution in [2.45, 2.75) is 37.1 Å². The number of nitrogens with two attached hydrogens (primary N) is 1. The number of imidazole rings is 1. The van der Waals surface area contributed by atoms with E-state index in [1.165, 1.54) is 17.8 Å². The quantitative estimate of drug-likeness (QED) is 0.455. The molecule has 2 unspecified atom stereocenters. The molecule has 0 bridgehead atoms. The van der Waals surface area contributed by atoms with E-state index < -0.39 is 36.0 Å². The summed E-state index contributed by atoms with van der Waals surface area (Å²) in [6.45, 7) is 0.0179. The summed E-state index contributed by atoms with van der Waals surface area (Å²) in [7, 11) is 1.31. The normalized spacial score (nSPS) is 21.0. The second kappa shape index (κ2) is 7.74. The maximum absolute atomic E-state index is 12.9. The van der Waals surface area contributed by atoms with Gasteiger partial charge in [-0.3, -0.25) is 9.59 Å². The van der Waals surface area contributed by atoms with Crippen LogP contribution >= 0.6 is 0 Å². The summed E-state index contributed by atoms with van der Waals surface area (Å²) in [6.07, 6.45) is -2.35. The molecule has 12 nitrogen and oxygen atoms in total. The largest absolute Gasteiger partial charge is 0.477 e. The van der Waals surface area contributed by atoms with Crippen LogP contribution < -0.4 is 21.1 Å². The average Bonchev–Trinajstić information content (AvgIpc) is 3.43. The van der Waals surface area contributed by atoms with Gasteiger partial charge in [-0.1, -0.05) is 0 Å². The number of carbonyl (C=O) groups excluding carboxylic acids is 2. The molecule has 3 aromatic rings. The molecule has 32 heavy (non-hydrogen) atoms. The molecule has 15 heteroatoms. The summed E-state index contributed by atoms with van der Waals surface area (Å²) in [5.74, 6) is -1.53. The summed E-state index contributed by atoms with van der Waals surface area (Å²) in [5.41, 5.74) is 5.38. The molecule has 4 heterocycles. The van der Waals surface area contributed by atoms with Gasteiger partial charge < -0.3 is 21.1 Å². The van der Waals surface area contributed by atoms with Crippen molar-refractivity contribution in [3.63, 3.8) is 0 Å². The first-order valence-electron chi connectivity index (χ1n) is 9.23. The van der Waals surface area contributed by atoms with Crippen molar-refractivity contribution in [3.8, 4) is 5.88 Å². The van der Waals surface area contributed by atoms with Crippen LogP contribution in [0.5, 0.6) is 5.88 Å². The Hall–Kier alpha value is -3.75. The van der Waals surface area contributed by atoms with Gasteiger partial charge in [0.25, 0.3) is 11.8 Å². The summed E-state index contributed by atoms with van der Waals surface area (Å²) >= 11 is 0. The molecular weight excluding hydrogens is 437 g/mol. The van der Waals surface area contributed by atoms with Gasteiger partial charge in [0.2, 0.25) is 11.6 Å². The van der Waals surface area contributed by atoms with Gasteiger partial charge in [-0.25, -0.2) is 14.1 Å². The van der Waals surface area contributed by atoms with Crippen molar-refractivity contribution in [1.82, 2.24) is 35.5 Å². The average molecular weight is 454 g/mol. The third-order valence-electron chi connectivity index (χ3n) is 4.96. The zero-order chi connectivity index (χ0) is 23.1. The van der Waals surface area contributed by atoms with E-state index in [9.17, 15) is 22.8 Å². The first-order valence-corrected chi connectivity index (χ1v) is 9.23. The topological polar surface area (TPSA) is 163 Å². The minimum atomic E-state index is -4.58. The SMILES string of the molecule is COc1nonc1C(=O)NCc1cn2ncc(CC3(N)CC(C(F)(F)F)NC3=O)cc2n1. The molecule has 4 rings (SSSR count). The lowest BCUT2D eigenvalue weighted by Gasteiger charge is -2.21. The lowest BCUT2D eigenvalue weighted by Crippen LogP contribution is -2.48. The van der Waals surface area contributed by atoms with E-state index in [0.29, 0.717) is 16.9 Å². The summed E-state index contributed by atoms with van der Waals surface area (Å²) < 4.78 is 49.6. The van der Waals surface area contributed by atoms with Crippen molar-refractivity contribution in [2.24, 2.45) is 5.73 Å². The number of hydrogen-bond donors (Lipinski definition) is 3. The van der Waals surface area contributed by atoms with E-state index in [1.54, 1.807) is 12.3 Å². The zero-order valence-electron chi connectivity index (χ0n) is 16.5. The molecule has 1 aliphatic heterocycles. The molecular formula is C17H17F3N8O4. The van der Waals surface area contributed by atoms with Gasteiger partial charge in [0.05, 0.1) is 31.7 Å². The number of hydrogen-bond acceptors (Lipinski definition) is 9. The Kier molecular flexibility index (Phi) is 5.20. The zero-order valence-corrected chi connectivity index (χ0v) is 16.5. The van der Waals surface area contributed by atoms with Crippen molar-refractivity contribution >= 4 is 17.5 Å². The predicted octanol–water partition coefficient (Wildman–Crippen LogP) is -0.258. The van der Waals surface area contributed by atoms with E-state index in [0.717, 1.165) is 0 Å². The number of fused-ring (bicyclic) bond motifs is 1. The maximum Gasteiger partial charge on any atom is 0.408 e. The van der Waals surface area contributed by atoms with Gasteiger partial charge in [0.15, 0.2) is 5.65 Å². The van der Waals surface area contributed by atoms with Gasteiger partial charge in [0.1, 0.15) is 11.6 Å². The fraction of sp³-hybridized carbons (Fsp3) is 0.412. The summed E-state index contributed by atoms with van der Waals surface area (Å²) in [6, 6.07) is -0.428. The van der Waals surface area contributed by atoms with Crippen molar-refractivity contribution in [2.75, 3.05) is 7.11 Å². The molecule has 2 amide bonds. The van der Waals surface area contributed by atoms with E-state index in [1.807, 2.05) is 5.32 Å². The number of nitrogens with zero attached hydrogens (tertiary/aromatic N) is 5. The third-order valence-corrected chi connectivity index (χ3v) is 4.96. The molecule has 0 saturated carbocycles. The Morgan fingerprint density at radius 1 is 1.47 bits per heavy atom. The second-order valence-corrected chi connectivity index (χ2v) is 7.31. The minimum Gasteiger partial charge on any atom is -0.477 e. The number of amides is 2. The Bertz CT molecular complexity index is 1180. The molecule has 170 valence electrons. The number of carbonyl (C=O) groups is 2. The minimum absolute atomic E-state index is 0.0179. The Balaban J connectivity index is 1.45. The third kappa shape index (κ3) is 4.05. The number of halogens is 3. The standard InChI is InChI=1S/C17H17F3N8O4/c1-31-14-12(26-32-27-14)13(29)22-6-9-7-28-11(24-9)2-8(5-23-28)3-16(21)4-10(17(18,19)20)25-15(16)30/h2,5,7,10H,3-4,6,21H2,1H3,(H,22,29)(H,25,30). The molecule has 0 spiro atoms. The molecule has 3 aromatic heterocycles. The molecule has 4 N–H and O–H groups in total. The van der Waals surface area contributed by atoms with Crippen LogP contribution in [0, 0.1) is 0 Å².